The number of non-ortho nitro benzene ring substituents is 1. The number of alkyl halides is 8. The van der Waals surface area contributed by atoms with Crippen molar-refractivity contribution in [2.24, 2.45) is 0 Å². The summed E-state index contributed by atoms with van der Waals surface area (Å²) in [6.07, 6.45) is -11.9. The molecule has 0 amide bonds. The molecule has 0 bridgehead atoms. The predicted octanol–water partition coefficient (Wildman–Crippen LogP) is 5.05. The van der Waals surface area contributed by atoms with Crippen molar-refractivity contribution in [2.75, 3.05) is 0 Å². The Labute approximate surface area is 151 Å². The third kappa shape index (κ3) is 3.39. The molecular formula is C16H9F8NO3. The van der Waals surface area contributed by atoms with Crippen molar-refractivity contribution < 1.29 is 45.2 Å². The molecule has 2 rings (SSSR count). The van der Waals surface area contributed by atoms with Gasteiger partial charge < -0.3 is 5.11 Å². The molecule has 2 aromatic rings. The molecule has 28 heavy (non-hydrogen) atoms. The van der Waals surface area contributed by atoms with Crippen LogP contribution in [0.2, 0.25) is 0 Å². The van der Waals surface area contributed by atoms with E-state index in [1.807, 2.05) is 0 Å². The van der Waals surface area contributed by atoms with Gasteiger partial charge in [0, 0.05) is 23.3 Å². The summed E-state index contributed by atoms with van der Waals surface area (Å²) < 4.78 is 108. The van der Waals surface area contributed by atoms with Crippen LogP contribution in [-0.2, 0) is 11.8 Å². The molecule has 0 aliphatic heterocycles. The Hall–Kier alpha value is -2.76. The fourth-order valence-corrected chi connectivity index (χ4v) is 2.60. The highest BCUT2D eigenvalue weighted by atomic mass is 19.4. The van der Waals surface area contributed by atoms with Gasteiger partial charge >= 0.3 is 18.3 Å². The summed E-state index contributed by atoms with van der Waals surface area (Å²) in [7, 11) is 0. The van der Waals surface area contributed by atoms with E-state index in [0.717, 1.165) is 12.1 Å². The maximum Gasteiger partial charge on any atom is 0.457 e. The number of hydrogen-bond donors (Lipinski definition) is 1. The molecule has 0 heterocycles. The van der Waals surface area contributed by atoms with E-state index < -0.39 is 51.2 Å². The molecule has 0 spiro atoms. The second kappa shape index (κ2) is 6.69. The van der Waals surface area contributed by atoms with Gasteiger partial charge in [-0.3, -0.25) is 10.1 Å². The van der Waals surface area contributed by atoms with Gasteiger partial charge in [-0.1, -0.05) is 30.3 Å². The maximum absolute atomic E-state index is 14.3. The molecule has 4 nitrogen and oxygen atoms in total. The van der Waals surface area contributed by atoms with Gasteiger partial charge in [-0.25, -0.2) is 0 Å². The van der Waals surface area contributed by atoms with Crippen LogP contribution in [0.4, 0.5) is 40.8 Å². The molecule has 1 N–H and O–H groups in total. The van der Waals surface area contributed by atoms with Gasteiger partial charge in [-0.2, -0.15) is 35.1 Å². The quantitative estimate of drug-likeness (QED) is 0.432. The number of benzene rings is 2. The summed E-state index contributed by atoms with van der Waals surface area (Å²) >= 11 is 0. The second-order valence-corrected chi connectivity index (χ2v) is 5.63. The standard InChI is InChI=1S/C16H9F8NO3/c17-14(18,19)12-7-2-1-6-11(12)13(26,15(20,21)16(22,23)24)9-4-3-5-10(8-9)25(27)28/h1-8,26H. The first-order valence-electron chi connectivity index (χ1n) is 7.22. The van der Waals surface area contributed by atoms with E-state index in [1.54, 1.807) is 0 Å². The number of hydrogen-bond acceptors (Lipinski definition) is 3. The van der Waals surface area contributed by atoms with Gasteiger partial charge in [0.05, 0.1) is 10.5 Å². The molecule has 12 heteroatoms. The van der Waals surface area contributed by atoms with Crippen LogP contribution < -0.4 is 0 Å². The number of rotatable bonds is 4. The second-order valence-electron chi connectivity index (χ2n) is 5.63. The van der Waals surface area contributed by atoms with Crippen LogP contribution in [-0.4, -0.2) is 22.1 Å². The summed E-state index contributed by atoms with van der Waals surface area (Å²) in [5.74, 6) is -6.13. The number of aliphatic hydroxyl groups is 1. The van der Waals surface area contributed by atoms with Crippen molar-refractivity contribution in [1.82, 2.24) is 0 Å². The molecule has 2 aromatic carbocycles. The lowest BCUT2D eigenvalue weighted by molar-refractivity contribution is -0.385. The minimum absolute atomic E-state index is 0.160. The van der Waals surface area contributed by atoms with Crippen LogP contribution in [0.1, 0.15) is 16.7 Å². The third-order valence-corrected chi connectivity index (χ3v) is 3.91. The highest BCUT2D eigenvalue weighted by molar-refractivity contribution is 5.48. The lowest BCUT2D eigenvalue weighted by Gasteiger charge is -2.38. The molecule has 0 radical (unpaired) electrons. The summed E-state index contributed by atoms with van der Waals surface area (Å²) in [6.45, 7) is 0. The molecule has 0 aromatic heterocycles. The predicted molar refractivity (Wildman–Crippen MR) is 78.5 cm³/mol. The number of nitrogens with zero attached hydrogens (tertiary/aromatic N) is 1. The van der Waals surface area contributed by atoms with Crippen LogP contribution in [0, 0.1) is 10.1 Å². The largest absolute Gasteiger partial charge is 0.457 e. The van der Waals surface area contributed by atoms with Crippen molar-refractivity contribution in [2.45, 2.75) is 23.9 Å². The molecule has 0 fully saturated rings. The Bertz CT molecular complexity index is 894. The Morgan fingerprint density at radius 3 is 1.82 bits per heavy atom. The van der Waals surface area contributed by atoms with Crippen LogP contribution >= 0.6 is 0 Å². The molecular weight excluding hydrogens is 406 g/mol. The fourth-order valence-electron chi connectivity index (χ4n) is 2.60. The monoisotopic (exact) mass is 415 g/mol. The highest BCUT2D eigenvalue weighted by Crippen LogP contribution is 2.54. The van der Waals surface area contributed by atoms with E-state index in [0.29, 0.717) is 18.2 Å². The minimum Gasteiger partial charge on any atom is -0.374 e. The Morgan fingerprint density at radius 1 is 0.821 bits per heavy atom. The van der Waals surface area contributed by atoms with Crippen LogP contribution in [0.3, 0.4) is 0 Å². The van der Waals surface area contributed by atoms with Crippen molar-refractivity contribution >= 4 is 5.69 Å². The highest BCUT2D eigenvalue weighted by Gasteiger charge is 2.72. The molecule has 0 aliphatic rings. The van der Waals surface area contributed by atoms with Crippen molar-refractivity contribution in [3.8, 4) is 0 Å². The first kappa shape index (κ1) is 21.5. The van der Waals surface area contributed by atoms with Gasteiger partial charge in [0.25, 0.3) is 5.69 Å². The van der Waals surface area contributed by atoms with Crippen LogP contribution in [0.25, 0.3) is 0 Å². The average Bonchev–Trinajstić information content (AvgIpc) is 2.59. The Morgan fingerprint density at radius 2 is 1.36 bits per heavy atom. The van der Waals surface area contributed by atoms with Gasteiger partial charge in [0.15, 0.2) is 5.60 Å². The van der Waals surface area contributed by atoms with Gasteiger partial charge in [-0.15, -0.1) is 0 Å². The summed E-state index contributed by atoms with van der Waals surface area (Å²) in [5.41, 5.74) is -10.8. The molecule has 1 unspecified atom stereocenters. The van der Waals surface area contributed by atoms with Gasteiger partial charge in [0.1, 0.15) is 0 Å². The van der Waals surface area contributed by atoms with Gasteiger partial charge in [-0.05, 0) is 6.07 Å². The fraction of sp³-hybridized carbons (Fsp3) is 0.250. The maximum atomic E-state index is 14.3. The van der Waals surface area contributed by atoms with Crippen LogP contribution in [0.15, 0.2) is 48.5 Å². The lowest BCUT2D eigenvalue weighted by Crippen LogP contribution is -2.56. The number of nitro groups is 1. The summed E-state index contributed by atoms with van der Waals surface area (Å²) in [5, 5.41) is 21.3. The molecule has 1 atom stereocenters. The van der Waals surface area contributed by atoms with Crippen molar-refractivity contribution in [1.29, 1.82) is 0 Å². The van der Waals surface area contributed by atoms with Crippen LogP contribution in [0.5, 0.6) is 0 Å². The summed E-state index contributed by atoms with van der Waals surface area (Å²) in [6, 6.07) is 3.90. The third-order valence-electron chi connectivity index (χ3n) is 3.91. The van der Waals surface area contributed by atoms with Crippen molar-refractivity contribution in [3.05, 3.63) is 75.3 Å². The molecule has 0 aliphatic carbocycles. The van der Waals surface area contributed by atoms with E-state index in [-0.39, 0.29) is 18.2 Å². The summed E-state index contributed by atoms with van der Waals surface area (Å²) in [4.78, 5) is 9.66. The van der Waals surface area contributed by atoms with E-state index in [1.165, 1.54) is 0 Å². The topological polar surface area (TPSA) is 63.4 Å². The van der Waals surface area contributed by atoms with E-state index in [2.05, 4.69) is 0 Å². The zero-order chi connectivity index (χ0) is 21.5. The van der Waals surface area contributed by atoms with Gasteiger partial charge in [0.2, 0.25) is 0 Å². The smallest absolute Gasteiger partial charge is 0.374 e. The number of nitro benzene ring substituents is 1. The lowest BCUT2D eigenvalue weighted by atomic mass is 9.78. The van der Waals surface area contributed by atoms with E-state index in [9.17, 15) is 50.3 Å². The molecule has 152 valence electrons. The van der Waals surface area contributed by atoms with Crippen molar-refractivity contribution in [3.63, 3.8) is 0 Å². The number of halogens is 8. The molecule has 0 saturated heterocycles. The SMILES string of the molecule is O=[N+]([O-])c1cccc(C(O)(c2ccccc2C(F)(F)F)C(F)(F)C(F)(F)F)c1. The van der Waals surface area contributed by atoms with E-state index in [4.69, 9.17) is 0 Å². The first-order chi connectivity index (χ1) is 12.6. The average molecular weight is 415 g/mol. The minimum atomic E-state index is -6.48. The normalized spacial score (nSPS) is 15.2. The Kier molecular flexibility index (Phi) is 5.15. The molecule has 0 saturated carbocycles. The first-order valence-corrected chi connectivity index (χ1v) is 7.22. The zero-order valence-electron chi connectivity index (χ0n) is 13.4. The van der Waals surface area contributed by atoms with E-state index >= 15 is 0 Å². The Balaban J connectivity index is 2.95. The zero-order valence-corrected chi connectivity index (χ0v) is 13.4.